The quantitative estimate of drug-likeness (QED) is 0.556. The number of hydrogen-bond donors (Lipinski definition) is 0. The van der Waals surface area contributed by atoms with E-state index in [1.807, 2.05) is 40.9 Å². The molecular weight excluding hydrogens is 296 g/mol. The van der Waals surface area contributed by atoms with Gasteiger partial charge in [0.15, 0.2) is 5.65 Å². The van der Waals surface area contributed by atoms with Crippen molar-refractivity contribution in [2.45, 2.75) is 6.92 Å². The van der Waals surface area contributed by atoms with Crippen LogP contribution >= 0.6 is 0 Å². The van der Waals surface area contributed by atoms with Crippen molar-refractivity contribution in [1.29, 1.82) is 5.26 Å². The van der Waals surface area contributed by atoms with E-state index in [1.165, 1.54) is 5.56 Å². The second-order valence-electron chi connectivity index (χ2n) is 5.65. The van der Waals surface area contributed by atoms with Gasteiger partial charge in [-0.1, -0.05) is 48.0 Å². The fourth-order valence-corrected chi connectivity index (χ4v) is 2.91. The fourth-order valence-electron chi connectivity index (χ4n) is 2.91. The molecule has 0 radical (unpaired) electrons. The molecule has 2 aromatic heterocycles. The van der Waals surface area contributed by atoms with Crippen LogP contribution in [-0.2, 0) is 0 Å². The third-order valence-electron chi connectivity index (χ3n) is 4.10. The number of aromatic nitrogens is 3. The largest absolute Gasteiger partial charge is 0.215 e. The van der Waals surface area contributed by atoms with Gasteiger partial charge in [-0.2, -0.15) is 10.4 Å². The van der Waals surface area contributed by atoms with Crippen LogP contribution in [0.25, 0.3) is 28.0 Å². The molecule has 2 heterocycles. The highest BCUT2D eigenvalue weighted by molar-refractivity contribution is 5.85. The lowest BCUT2D eigenvalue weighted by Gasteiger charge is -2.13. The Balaban J connectivity index is 2.08. The van der Waals surface area contributed by atoms with E-state index in [2.05, 4.69) is 47.3 Å². The second-order valence-corrected chi connectivity index (χ2v) is 5.65. The molecule has 0 saturated heterocycles. The first kappa shape index (κ1) is 14.2. The number of benzene rings is 2. The van der Waals surface area contributed by atoms with Gasteiger partial charge in [-0.25, -0.2) is 9.50 Å². The summed E-state index contributed by atoms with van der Waals surface area (Å²) in [5.41, 5.74) is 6.46. The fraction of sp³-hybridized carbons (Fsp3) is 0.0500. The zero-order valence-corrected chi connectivity index (χ0v) is 13.1. The van der Waals surface area contributed by atoms with E-state index in [-0.39, 0.29) is 0 Å². The molecule has 4 heteroatoms. The first-order valence-corrected chi connectivity index (χ1v) is 7.67. The molecule has 4 rings (SSSR count). The predicted octanol–water partition coefficient (Wildman–Crippen LogP) is 4.24. The maximum absolute atomic E-state index is 9.47. The molecule has 4 nitrogen and oxygen atoms in total. The third kappa shape index (κ3) is 2.24. The number of nitrogens with zero attached hydrogens (tertiary/aromatic N) is 4. The van der Waals surface area contributed by atoms with E-state index < -0.39 is 0 Å². The monoisotopic (exact) mass is 310 g/mol. The molecule has 0 N–H and O–H groups in total. The van der Waals surface area contributed by atoms with Crippen LogP contribution in [-0.4, -0.2) is 14.6 Å². The molecule has 0 atom stereocenters. The summed E-state index contributed by atoms with van der Waals surface area (Å²) in [6.07, 6.45) is 1.55. The van der Waals surface area contributed by atoms with Crippen LogP contribution in [0.4, 0.5) is 0 Å². The van der Waals surface area contributed by atoms with Crippen LogP contribution in [0.1, 0.15) is 11.1 Å². The molecule has 0 amide bonds. The number of fused-ring (bicyclic) bond motifs is 1. The average Bonchev–Trinajstić information content (AvgIpc) is 3.10. The Hall–Kier alpha value is -3.45. The van der Waals surface area contributed by atoms with Gasteiger partial charge in [0, 0.05) is 16.7 Å². The highest BCUT2D eigenvalue weighted by Gasteiger charge is 2.15. The molecule has 0 bridgehead atoms. The summed E-state index contributed by atoms with van der Waals surface area (Å²) in [5, 5.41) is 13.8. The van der Waals surface area contributed by atoms with Crippen LogP contribution < -0.4 is 0 Å². The third-order valence-corrected chi connectivity index (χ3v) is 4.10. The predicted molar refractivity (Wildman–Crippen MR) is 93.3 cm³/mol. The van der Waals surface area contributed by atoms with Crippen LogP contribution in [0, 0.1) is 18.3 Å². The van der Waals surface area contributed by atoms with Gasteiger partial charge >= 0.3 is 0 Å². The van der Waals surface area contributed by atoms with Gasteiger partial charge in [0.05, 0.1) is 17.3 Å². The molecule has 0 unspecified atom stereocenters. The van der Waals surface area contributed by atoms with Gasteiger partial charge in [-0.05, 0) is 25.1 Å². The molecule has 0 aliphatic rings. The zero-order chi connectivity index (χ0) is 16.5. The van der Waals surface area contributed by atoms with E-state index in [1.54, 1.807) is 6.33 Å². The van der Waals surface area contributed by atoms with Crippen molar-refractivity contribution >= 4 is 5.65 Å². The second kappa shape index (κ2) is 5.64. The number of aryl methyl sites for hydroxylation is 1. The first-order chi connectivity index (χ1) is 11.8. The van der Waals surface area contributed by atoms with Gasteiger partial charge in [0.25, 0.3) is 0 Å². The standard InChI is InChI=1S/C20H14N4/c1-14-6-8-15(9-7-14)20-18(10-11-19-22-13-23-24(19)20)17-5-3-2-4-16(17)12-21/h2-11,13H,1H3. The molecular formula is C20H14N4. The van der Waals surface area contributed by atoms with E-state index >= 15 is 0 Å². The number of nitriles is 1. The average molecular weight is 310 g/mol. The Morgan fingerprint density at radius 1 is 0.917 bits per heavy atom. The molecule has 2 aromatic carbocycles. The van der Waals surface area contributed by atoms with Crippen molar-refractivity contribution in [1.82, 2.24) is 14.6 Å². The lowest BCUT2D eigenvalue weighted by Crippen LogP contribution is -1.98. The molecule has 0 aliphatic heterocycles. The minimum atomic E-state index is 0.644. The Kier molecular flexibility index (Phi) is 3.33. The summed E-state index contributed by atoms with van der Waals surface area (Å²) in [6.45, 7) is 2.06. The summed E-state index contributed by atoms with van der Waals surface area (Å²) in [5.74, 6) is 0. The van der Waals surface area contributed by atoms with Crippen LogP contribution in [0.5, 0.6) is 0 Å². The van der Waals surface area contributed by atoms with Crippen molar-refractivity contribution in [3.63, 3.8) is 0 Å². The van der Waals surface area contributed by atoms with E-state index in [4.69, 9.17) is 0 Å². The maximum atomic E-state index is 9.47. The van der Waals surface area contributed by atoms with Gasteiger partial charge in [-0.15, -0.1) is 0 Å². The molecule has 0 aliphatic carbocycles. The summed E-state index contributed by atoms with van der Waals surface area (Å²) in [6, 6.07) is 22.1. The minimum absolute atomic E-state index is 0.644. The van der Waals surface area contributed by atoms with Crippen molar-refractivity contribution in [2.24, 2.45) is 0 Å². The molecule has 114 valence electrons. The van der Waals surface area contributed by atoms with E-state index in [9.17, 15) is 5.26 Å². The summed E-state index contributed by atoms with van der Waals surface area (Å²) in [4.78, 5) is 4.29. The Labute approximate surface area is 139 Å². The maximum Gasteiger partial charge on any atom is 0.156 e. The normalized spacial score (nSPS) is 10.7. The Morgan fingerprint density at radius 2 is 1.71 bits per heavy atom. The molecule has 0 spiro atoms. The van der Waals surface area contributed by atoms with Gasteiger partial charge in [0.2, 0.25) is 0 Å². The summed E-state index contributed by atoms with van der Waals surface area (Å²) < 4.78 is 1.83. The molecule has 4 aromatic rings. The van der Waals surface area contributed by atoms with Crippen LogP contribution in [0.3, 0.4) is 0 Å². The topological polar surface area (TPSA) is 54.0 Å². The van der Waals surface area contributed by atoms with Crippen molar-refractivity contribution < 1.29 is 0 Å². The lowest BCUT2D eigenvalue weighted by molar-refractivity contribution is 0.970. The van der Waals surface area contributed by atoms with E-state index in [0.29, 0.717) is 5.56 Å². The van der Waals surface area contributed by atoms with Crippen molar-refractivity contribution in [2.75, 3.05) is 0 Å². The van der Waals surface area contributed by atoms with Crippen LogP contribution in [0.15, 0.2) is 67.0 Å². The molecule has 24 heavy (non-hydrogen) atoms. The van der Waals surface area contributed by atoms with E-state index in [0.717, 1.165) is 28.0 Å². The molecule has 0 saturated carbocycles. The summed E-state index contributed by atoms with van der Waals surface area (Å²) >= 11 is 0. The van der Waals surface area contributed by atoms with Gasteiger partial charge < -0.3 is 0 Å². The summed E-state index contributed by atoms with van der Waals surface area (Å²) in [7, 11) is 0. The first-order valence-electron chi connectivity index (χ1n) is 7.67. The highest BCUT2D eigenvalue weighted by atomic mass is 15.3. The smallest absolute Gasteiger partial charge is 0.156 e. The van der Waals surface area contributed by atoms with Gasteiger partial charge in [-0.3, -0.25) is 0 Å². The van der Waals surface area contributed by atoms with Gasteiger partial charge in [0.1, 0.15) is 6.33 Å². The minimum Gasteiger partial charge on any atom is -0.215 e. The molecule has 0 fully saturated rings. The zero-order valence-electron chi connectivity index (χ0n) is 13.1. The van der Waals surface area contributed by atoms with Crippen molar-refractivity contribution in [3.05, 3.63) is 78.1 Å². The highest BCUT2D eigenvalue weighted by Crippen LogP contribution is 2.34. The SMILES string of the molecule is Cc1ccc(-c2c(-c3ccccc3C#N)ccc3ncnn23)cc1. The Bertz CT molecular complexity index is 1070. The number of rotatable bonds is 2. The Morgan fingerprint density at radius 3 is 2.50 bits per heavy atom. The number of hydrogen-bond acceptors (Lipinski definition) is 3. The lowest BCUT2D eigenvalue weighted by atomic mass is 9.95. The number of pyridine rings is 1. The van der Waals surface area contributed by atoms with Crippen LogP contribution in [0.2, 0.25) is 0 Å². The van der Waals surface area contributed by atoms with Crippen molar-refractivity contribution in [3.8, 4) is 28.5 Å².